The summed E-state index contributed by atoms with van der Waals surface area (Å²) in [5.41, 5.74) is 5.32. The summed E-state index contributed by atoms with van der Waals surface area (Å²) in [6.07, 6.45) is 5.01. The number of nitrogens with two attached hydrogens (primary N) is 1. The van der Waals surface area contributed by atoms with Crippen LogP contribution in [0.4, 0.5) is 0 Å². The Morgan fingerprint density at radius 2 is 1.95 bits per heavy atom. The molecule has 0 aromatic rings. The summed E-state index contributed by atoms with van der Waals surface area (Å²) < 4.78 is 0. The number of carbonyl (C=O) groups excluding carboxylic acids is 3. The number of primary amides is 1. The Labute approximate surface area is 119 Å². The summed E-state index contributed by atoms with van der Waals surface area (Å²) in [7, 11) is 0. The fourth-order valence-electron chi connectivity index (χ4n) is 2.90. The second-order valence-corrected chi connectivity index (χ2v) is 5.71. The number of likely N-dealkylation sites (tertiary alicyclic amines) is 2. The molecule has 6 heteroatoms. The van der Waals surface area contributed by atoms with Crippen molar-refractivity contribution in [3.63, 3.8) is 0 Å². The topological polar surface area (TPSA) is 83.7 Å². The molecule has 0 bridgehead atoms. The van der Waals surface area contributed by atoms with E-state index in [0.29, 0.717) is 26.1 Å². The predicted molar refractivity (Wildman–Crippen MR) is 73.5 cm³/mol. The molecule has 2 aliphatic heterocycles. The number of hydrogen-bond acceptors (Lipinski definition) is 3. The van der Waals surface area contributed by atoms with Gasteiger partial charge in [-0.2, -0.15) is 0 Å². The Hall–Kier alpha value is -1.59. The Morgan fingerprint density at radius 1 is 1.15 bits per heavy atom. The molecule has 0 aromatic heterocycles. The Bertz CT molecular complexity index is 397. The van der Waals surface area contributed by atoms with Crippen LogP contribution in [0.5, 0.6) is 0 Å². The van der Waals surface area contributed by atoms with Gasteiger partial charge < -0.3 is 15.5 Å². The quantitative estimate of drug-likeness (QED) is 0.797. The van der Waals surface area contributed by atoms with Gasteiger partial charge in [-0.05, 0) is 25.7 Å². The summed E-state index contributed by atoms with van der Waals surface area (Å²) in [5, 5.41) is 0. The third-order valence-electron chi connectivity index (χ3n) is 4.17. The van der Waals surface area contributed by atoms with E-state index in [4.69, 9.17) is 5.73 Å². The lowest BCUT2D eigenvalue weighted by Gasteiger charge is -2.33. The largest absolute Gasteiger partial charge is 0.369 e. The molecule has 1 unspecified atom stereocenters. The van der Waals surface area contributed by atoms with Crippen molar-refractivity contribution < 1.29 is 14.4 Å². The van der Waals surface area contributed by atoms with E-state index in [0.717, 1.165) is 32.1 Å². The van der Waals surface area contributed by atoms with E-state index in [2.05, 4.69) is 0 Å². The van der Waals surface area contributed by atoms with Gasteiger partial charge in [0, 0.05) is 26.1 Å². The minimum atomic E-state index is -0.339. The highest BCUT2D eigenvalue weighted by Crippen LogP contribution is 2.17. The molecule has 0 spiro atoms. The van der Waals surface area contributed by atoms with Gasteiger partial charge in [0.25, 0.3) is 0 Å². The molecule has 2 N–H and O–H groups in total. The van der Waals surface area contributed by atoms with Crippen LogP contribution in [-0.2, 0) is 14.4 Å². The number of hydrogen-bond donors (Lipinski definition) is 1. The van der Waals surface area contributed by atoms with Crippen molar-refractivity contribution in [3.05, 3.63) is 0 Å². The fraction of sp³-hybridized carbons (Fsp3) is 0.786. The maximum atomic E-state index is 12.3. The molecule has 2 heterocycles. The second-order valence-electron chi connectivity index (χ2n) is 5.71. The first-order chi connectivity index (χ1) is 9.58. The van der Waals surface area contributed by atoms with E-state index in [-0.39, 0.29) is 30.2 Å². The van der Waals surface area contributed by atoms with Crippen LogP contribution in [-0.4, -0.2) is 53.7 Å². The van der Waals surface area contributed by atoms with Crippen molar-refractivity contribution >= 4 is 17.7 Å². The van der Waals surface area contributed by atoms with Crippen LogP contribution in [0.25, 0.3) is 0 Å². The number of nitrogens with zero attached hydrogens (tertiary/aromatic N) is 2. The first kappa shape index (κ1) is 14.8. The van der Waals surface area contributed by atoms with Crippen LogP contribution in [0.2, 0.25) is 0 Å². The average molecular weight is 281 g/mol. The van der Waals surface area contributed by atoms with Crippen molar-refractivity contribution in [1.29, 1.82) is 0 Å². The Morgan fingerprint density at radius 3 is 2.70 bits per heavy atom. The lowest BCUT2D eigenvalue weighted by molar-refractivity contribution is -0.142. The minimum absolute atomic E-state index is 0.0637. The molecule has 2 aliphatic rings. The first-order valence-corrected chi connectivity index (χ1v) is 7.43. The molecule has 0 radical (unpaired) electrons. The Balaban J connectivity index is 1.90. The van der Waals surface area contributed by atoms with E-state index < -0.39 is 0 Å². The van der Waals surface area contributed by atoms with Gasteiger partial charge in [-0.15, -0.1) is 0 Å². The van der Waals surface area contributed by atoms with Gasteiger partial charge in [0.15, 0.2) is 0 Å². The molecular formula is C14H23N3O3. The summed E-state index contributed by atoms with van der Waals surface area (Å²) in [4.78, 5) is 38.7. The zero-order chi connectivity index (χ0) is 14.5. The van der Waals surface area contributed by atoms with Crippen LogP contribution in [0.15, 0.2) is 0 Å². The van der Waals surface area contributed by atoms with E-state index >= 15 is 0 Å². The monoisotopic (exact) mass is 281 g/mol. The molecule has 112 valence electrons. The third-order valence-corrected chi connectivity index (χ3v) is 4.17. The number of amides is 3. The molecule has 3 amide bonds. The number of piperidine rings is 1. The lowest BCUT2D eigenvalue weighted by atomic mass is 9.97. The molecule has 0 aromatic carbocycles. The second kappa shape index (κ2) is 6.72. The predicted octanol–water partition coefficient (Wildman–Crippen LogP) is 0.113. The third kappa shape index (κ3) is 3.71. The standard InChI is InChI=1S/C14H23N3O3/c15-14(20)11-5-4-8-16(9-11)13(19)10-17-7-3-1-2-6-12(17)18/h11H,1-10H2,(H2,15,20). The van der Waals surface area contributed by atoms with Crippen LogP contribution in [0.3, 0.4) is 0 Å². The minimum Gasteiger partial charge on any atom is -0.369 e. The summed E-state index contributed by atoms with van der Waals surface area (Å²) in [6.45, 7) is 1.86. The van der Waals surface area contributed by atoms with E-state index in [1.165, 1.54) is 0 Å². The highest BCUT2D eigenvalue weighted by molar-refractivity contribution is 5.85. The highest BCUT2D eigenvalue weighted by Gasteiger charge is 2.28. The number of carbonyl (C=O) groups is 3. The van der Waals surface area contributed by atoms with Crippen LogP contribution >= 0.6 is 0 Å². The molecule has 2 saturated heterocycles. The SMILES string of the molecule is NC(=O)C1CCCN(C(=O)CN2CCCCCC2=O)C1. The molecule has 6 nitrogen and oxygen atoms in total. The maximum Gasteiger partial charge on any atom is 0.242 e. The molecule has 2 rings (SSSR count). The maximum absolute atomic E-state index is 12.3. The molecule has 20 heavy (non-hydrogen) atoms. The van der Waals surface area contributed by atoms with Gasteiger partial charge in [0.1, 0.15) is 0 Å². The van der Waals surface area contributed by atoms with Crippen LogP contribution < -0.4 is 5.73 Å². The normalized spacial score (nSPS) is 24.4. The van der Waals surface area contributed by atoms with Gasteiger partial charge in [-0.3, -0.25) is 14.4 Å². The van der Waals surface area contributed by atoms with Gasteiger partial charge in [-0.1, -0.05) is 6.42 Å². The van der Waals surface area contributed by atoms with E-state index in [1.807, 2.05) is 0 Å². The van der Waals surface area contributed by atoms with Crippen molar-refractivity contribution in [2.24, 2.45) is 11.7 Å². The fourth-order valence-corrected chi connectivity index (χ4v) is 2.90. The molecule has 2 fully saturated rings. The van der Waals surface area contributed by atoms with E-state index in [9.17, 15) is 14.4 Å². The summed E-state index contributed by atoms with van der Waals surface area (Å²) in [6, 6.07) is 0. The smallest absolute Gasteiger partial charge is 0.242 e. The van der Waals surface area contributed by atoms with E-state index in [1.54, 1.807) is 9.80 Å². The van der Waals surface area contributed by atoms with Crippen molar-refractivity contribution in [2.45, 2.75) is 38.5 Å². The van der Waals surface area contributed by atoms with Crippen molar-refractivity contribution in [1.82, 2.24) is 9.80 Å². The Kier molecular flexibility index (Phi) is 4.98. The molecular weight excluding hydrogens is 258 g/mol. The van der Waals surface area contributed by atoms with Gasteiger partial charge >= 0.3 is 0 Å². The van der Waals surface area contributed by atoms with Crippen LogP contribution in [0, 0.1) is 5.92 Å². The summed E-state index contributed by atoms with van der Waals surface area (Å²) in [5.74, 6) is -0.577. The average Bonchev–Trinajstić information content (AvgIpc) is 2.64. The molecule has 0 saturated carbocycles. The lowest BCUT2D eigenvalue weighted by Crippen LogP contribution is -2.48. The zero-order valence-corrected chi connectivity index (χ0v) is 11.8. The molecule has 0 aliphatic carbocycles. The number of rotatable bonds is 3. The van der Waals surface area contributed by atoms with Gasteiger partial charge in [0.2, 0.25) is 17.7 Å². The van der Waals surface area contributed by atoms with Crippen LogP contribution in [0.1, 0.15) is 38.5 Å². The van der Waals surface area contributed by atoms with Gasteiger partial charge in [0.05, 0.1) is 12.5 Å². The zero-order valence-electron chi connectivity index (χ0n) is 11.8. The summed E-state index contributed by atoms with van der Waals surface area (Å²) >= 11 is 0. The van der Waals surface area contributed by atoms with Gasteiger partial charge in [-0.25, -0.2) is 0 Å². The van der Waals surface area contributed by atoms with Crippen molar-refractivity contribution in [3.8, 4) is 0 Å². The van der Waals surface area contributed by atoms with Crippen molar-refractivity contribution in [2.75, 3.05) is 26.2 Å². The molecule has 1 atom stereocenters. The first-order valence-electron chi connectivity index (χ1n) is 7.43. The highest BCUT2D eigenvalue weighted by atomic mass is 16.2.